The Bertz CT molecular complexity index is 943. The van der Waals surface area contributed by atoms with Crippen LogP contribution in [0.25, 0.3) is 0 Å². The summed E-state index contributed by atoms with van der Waals surface area (Å²) in [5.74, 6) is -0.511. The molecule has 1 aliphatic heterocycles. The first-order valence-electron chi connectivity index (χ1n) is 9.05. The number of sulfonamides is 1. The summed E-state index contributed by atoms with van der Waals surface area (Å²) in [6.07, 6.45) is 2.56. The molecule has 0 spiro atoms. The Morgan fingerprint density at radius 1 is 1.00 bits per heavy atom. The summed E-state index contributed by atoms with van der Waals surface area (Å²) >= 11 is 0. The summed E-state index contributed by atoms with van der Waals surface area (Å²) in [7, 11) is -3.36. The van der Waals surface area contributed by atoms with Crippen molar-refractivity contribution in [3.63, 3.8) is 0 Å². The second-order valence-electron chi connectivity index (χ2n) is 6.90. The highest BCUT2D eigenvalue weighted by Gasteiger charge is 2.29. The van der Waals surface area contributed by atoms with Gasteiger partial charge in [0.05, 0.1) is 12.2 Å². The lowest BCUT2D eigenvalue weighted by Crippen LogP contribution is -2.43. The van der Waals surface area contributed by atoms with Crippen molar-refractivity contribution in [3.05, 3.63) is 60.2 Å². The zero-order chi connectivity index (χ0) is 20.1. The minimum Gasteiger partial charge on any atom is -0.338 e. The van der Waals surface area contributed by atoms with E-state index in [1.54, 1.807) is 29.2 Å². The number of amides is 2. The molecule has 0 unspecified atom stereocenters. The maximum absolute atomic E-state index is 12.8. The molecule has 2 aromatic rings. The number of benzene rings is 2. The van der Waals surface area contributed by atoms with Gasteiger partial charge in [0.2, 0.25) is 15.9 Å². The van der Waals surface area contributed by atoms with Crippen molar-refractivity contribution < 1.29 is 18.0 Å². The van der Waals surface area contributed by atoms with E-state index in [2.05, 4.69) is 10.0 Å². The van der Waals surface area contributed by atoms with Gasteiger partial charge in [-0.2, -0.15) is 0 Å². The number of carbonyl (C=O) groups is 2. The van der Waals surface area contributed by atoms with Crippen LogP contribution in [0.3, 0.4) is 0 Å². The van der Waals surface area contributed by atoms with Gasteiger partial charge in [-0.25, -0.2) is 8.42 Å². The van der Waals surface area contributed by atoms with E-state index in [9.17, 15) is 18.0 Å². The fraction of sp³-hybridized carbons (Fsp3) is 0.300. The molecule has 1 heterocycles. The molecular formula is C20H23N3O4S. The molecule has 148 valence electrons. The van der Waals surface area contributed by atoms with E-state index in [1.807, 2.05) is 30.3 Å². The summed E-state index contributed by atoms with van der Waals surface area (Å²) in [4.78, 5) is 27.0. The average molecular weight is 401 g/mol. The van der Waals surface area contributed by atoms with Gasteiger partial charge in [0.15, 0.2) is 0 Å². The lowest BCUT2D eigenvalue weighted by Gasteiger charge is -2.32. The van der Waals surface area contributed by atoms with Crippen molar-refractivity contribution in [2.75, 3.05) is 29.4 Å². The van der Waals surface area contributed by atoms with Crippen LogP contribution in [-0.2, 0) is 14.8 Å². The quantitative estimate of drug-likeness (QED) is 0.805. The Balaban J connectivity index is 1.63. The van der Waals surface area contributed by atoms with E-state index < -0.39 is 10.0 Å². The van der Waals surface area contributed by atoms with Crippen molar-refractivity contribution in [3.8, 4) is 0 Å². The number of piperidine rings is 1. The average Bonchev–Trinajstić information content (AvgIpc) is 2.68. The van der Waals surface area contributed by atoms with Gasteiger partial charge >= 0.3 is 0 Å². The number of likely N-dealkylation sites (tertiary alicyclic amines) is 1. The zero-order valence-electron chi connectivity index (χ0n) is 15.6. The van der Waals surface area contributed by atoms with Gasteiger partial charge in [0.1, 0.15) is 0 Å². The lowest BCUT2D eigenvalue weighted by molar-refractivity contribution is -0.121. The summed E-state index contributed by atoms with van der Waals surface area (Å²) in [5.41, 5.74) is 1.60. The van der Waals surface area contributed by atoms with Crippen molar-refractivity contribution in [1.82, 2.24) is 4.90 Å². The highest BCUT2D eigenvalue weighted by Crippen LogP contribution is 2.21. The number of hydrogen-bond donors (Lipinski definition) is 2. The standard InChI is InChI=1S/C20H23N3O4S/c1-28(26,27)22-18-11-9-15(10-12-18)20(25)23-13-5-6-16(14-23)19(24)21-17-7-3-2-4-8-17/h2-4,7-12,16,22H,5-6,13-14H2,1H3,(H,21,24)/t16-/m1/s1. The molecule has 0 radical (unpaired) electrons. The van der Waals surface area contributed by atoms with Crippen LogP contribution in [0.5, 0.6) is 0 Å². The molecule has 1 aliphatic rings. The molecule has 7 nitrogen and oxygen atoms in total. The van der Waals surface area contributed by atoms with Crippen LogP contribution in [0.2, 0.25) is 0 Å². The largest absolute Gasteiger partial charge is 0.338 e. The molecular weight excluding hydrogens is 378 g/mol. The summed E-state index contributed by atoms with van der Waals surface area (Å²) in [5, 5.41) is 2.90. The van der Waals surface area contributed by atoms with Gasteiger partial charge < -0.3 is 10.2 Å². The van der Waals surface area contributed by atoms with Crippen molar-refractivity contribution in [2.24, 2.45) is 5.92 Å². The molecule has 1 fully saturated rings. The second kappa shape index (κ2) is 8.43. The Kier molecular flexibility index (Phi) is 5.99. The van der Waals surface area contributed by atoms with Crippen LogP contribution < -0.4 is 10.0 Å². The molecule has 3 rings (SSSR count). The molecule has 0 aromatic heterocycles. The number of para-hydroxylation sites is 1. The fourth-order valence-electron chi connectivity index (χ4n) is 3.22. The van der Waals surface area contributed by atoms with Gasteiger partial charge in [0.25, 0.3) is 5.91 Å². The predicted octanol–water partition coefficient (Wildman–Crippen LogP) is 2.55. The molecule has 8 heteroatoms. The highest BCUT2D eigenvalue weighted by atomic mass is 32.2. The van der Waals surface area contributed by atoms with Crippen LogP contribution in [0.1, 0.15) is 23.2 Å². The smallest absolute Gasteiger partial charge is 0.253 e. The van der Waals surface area contributed by atoms with Crippen molar-refractivity contribution in [1.29, 1.82) is 0 Å². The van der Waals surface area contributed by atoms with Crippen LogP contribution in [0.15, 0.2) is 54.6 Å². The highest BCUT2D eigenvalue weighted by molar-refractivity contribution is 7.92. The van der Waals surface area contributed by atoms with Crippen LogP contribution in [0.4, 0.5) is 11.4 Å². The first kappa shape index (κ1) is 19.9. The first-order chi connectivity index (χ1) is 13.3. The van der Waals surface area contributed by atoms with Crippen molar-refractivity contribution in [2.45, 2.75) is 12.8 Å². The monoisotopic (exact) mass is 401 g/mol. The third-order valence-electron chi connectivity index (χ3n) is 4.56. The number of nitrogens with one attached hydrogen (secondary N) is 2. The summed E-state index contributed by atoms with van der Waals surface area (Å²) in [6.45, 7) is 0.956. The Morgan fingerprint density at radius 3 is 2.32 bits per heavy atom. The Labute approximate surface area is 164 Å². The van der Waals surface area contributed by atoms with E-state index in [1.165, 1.54) is 0 Å². The van der Waals surface area contributed by atoms with E-state index in [4.69, 9.17) is 0 Å². The van der Waals surface area contributed by atoms with Crippen LogP contribution in [-0.4, -0.2) is 44.5 Å². The minimum absolute atomic E-state index is 0.0867. The maximum Gasteiger partial charge on any atom is 0.253 e. The predicted molar refractivity (Wildman–Crippen MR) is 109 cm³/mol. The topological polar surface area (TPSA) is 95.6 Å². The van der Waals surface area contributed by atoms with E-state index >= 15 is 0 Å². The van der Waals surface area contributed by atoms with Gasteiger partial charge in [-0.1, -0.05) is 18.2 Å². The number of nitrogens with zero attached hydrogens (tertiary/aromatic N) is 1. The van der Waals surface area contributed by atoms with Gasteiger partial charge in [-0.05, 0) is 49.2 Å². The minimum atomic E-state index is -3.36. The van der Waals surface area contributed by atoms with Crippen LogP contribution >= 0.6 is 0 Å². The van der Waals surface area contributed by atoms with E-state index in [-0.39, 0.29) is 17.7 Å². The van der Waals surface area contributed by atoms with Crippen LogP contribution in [0, 0.1) is 5.92 Å². The fourth-order valence-corrected chi connectivity index (χ4v) is 3.78. The van der Waals surface area contributed by atoms with Crippen molar-refractivity contribution >= 4 is 33.2 Å². The SMILES string of the molecule is CS(=O)(=O)Nc1ccc(C(=O)N2CCC[C@@H](C(=O)Nc3ccccc3)C2)cc1. The van der Waals surface area contributed by atoms with E-state index in [0.717, 1.165) is 24.8 Å². The second-order valence-corrected chi connectivity index (χ2v) is 8.65. The molecule has 28 heavy (non-hydrogen) atoms. The Hall–Kier alpha value is -2.87. The Morgan fingerprint density at radius 2 is 1.68 bits per heavy atom. The van der Waals surface area contributed by atoms with Gasteiger partial charge in [0, 0.05) is 30.0 Å². The number of carbonyl (C=O) groups excluding carboxylic acids is 2. The first-order valence-corrected chi connectivity index (χ1v) is 10.9. The number of rotatable bonds is 5. The normalized spacial score (nSPS) is 17.0. The molecule has 2 N–H and O–H groups in total. The molecule has 2 amide bonds. The number of anilines is 2. The van der Waals surface area contributed by atoms with E-state index in [0.29, 0.717) is 24.3 Å². The number of hydrogen-bond acceptors (Lipinski definition) is 4. The third kappa shape index (κ3) is 5.32. The molecule has 0 aliphatic carbocycles. The zero-order valence-corrected chi connectivity index (χ0v) is 16.4. The lowest BCUT2D eigenvalue weighted by atomic mass is 9.96. The third-order valence-corrected chi connectivity index (χ3v) is 5.16. The molecule has 1 atom stereocenters. The van der Waals surface area contributed by atoms with Gasteiger partial charge in [-0.3, -0.25) is 14.3 Å². The molecule has 2 aromatic carbocycles. The summed E-state index contributed by atoms with van der Waals surface area (Å²) < 4.78 is 24.9. The van der Waals surface area contributed by atoms with Gasteiger partial charge in [-0.15, -0.1) is 0 Å². The maximum atomic E-state index is 12.8. The molecule has 0 bridgehead atoms. The molecule has 0 saturated carbocycles. The molecule has 1 saturated heterocycles. The summed E-state index contributed by atoms with van der Waals surface area (Å²) in [6, 6.07) is 15.5.